The van der Waals surface area contributed by atoms with Crippen LogP contribution in [-0.2, 0) is 16.0 Å². The van der Waals surface area contributed by atoms with E-state index in [1.165, 1.54) is 4.88 Å². The van der Waals surface area contributed by atoms with E-state index in [1.807, 2.05) is 11.4 Å². The molecule has 0 spiro atoms. The monoisotopic (exact) mass is 374 g/mol. The smallest absolute Gasteiger partial charge is 0.303 e. The number of carboxylic acid groups (broad SMARTS) is 1. The van der Waals surface area contributed by atoms with Crippen molar-refractivity contribution in [3.05, 3.63) is 52.2 Å². The molecule has 3 N–H and O–H groups in total. The quantitative estimate of drug-likeness (QED) is 0.556. The van der Waals surface area contributed by atoms with E-state index in [9.17, 15) is 14.4 Å². The molecule has 1 aromatic heterocycles. The molecule has 0 radical (unpaired) electrons. The fourth-order valence-corrected chi connectivity index (χ4v) is 3.13. The lowest BCUT2D eigenvalue weighted by Crippen LogP contribution is -2.25. The summed E-state index contributed by atoms with van der Waals surface area (Å²) in [6.45, 7) is 0.296. The van der Waals surface area contributed by atoms with Crippen molar-refractivity contribution in [3.8, 4) is 0 Å². The summed E-state index contributed by atoms with van der Waals surface area (Å²) in [6.07, 6.45) is 2.47. The van der Waals surface area contributed by atoms with Crippen LogP contribution in [0.25, 0.3) is 0 Å². The minimum atomic E-state index is -0.886. The first-order chi connectivity index (χ1) is 12.5. The summed E-state index contributed by atoms with van der Waals surface area (Å²) in [5, 5.41) is 16.1. The zero-order valence-electron chi connectivity index (χ0n) is 14.4. The highest BCUT2D eigenvalue weighted by molar-refractivity contribution is 7.09. The molecule has 0 aliphatic carbocycles. The zero-order valence-corrected chi connectivity index (χ0v) is 15.2. The van der Waals surface area contributed by atoms with Gasteiger partial charge in [-0.25, -0.2) is 0 Å². The van der Waals surface area contributed by atoms with Crippen LogP contribution in [0.3, 0.4) is 0 Å². The van der Waals surface area contributed by atoms with Crippen molar-refractivity contribution in [2.45, 2.75) is 32.1 Å². The molecule has 0 fully saturated rings. The van der Waals surface area contributed by atoms with E-state index >= 15 is 0 Å². The molecule has 0 unspecified atom stereocenters. The predicted octanol–water partition coefficient (Wildman–Crippen LogP) is 3.30. The molecule has 0 bridgehead atoms. The zero-order chi connectivity index (χ0) is 18.8. The van der Waals surface area contributed by atoms with Crippen LogP contribution < -0.4 is 10.6 Å². The number of hydrogen-bond acceptors (Lipinski definition) is 4. The Balaban J connectivity index is 1.77. The number of carboxylic acids is 1. The van der Waals surface area contributed by atoms with E-state index in [0.29, 0.717) is 30.6 Å². The molecule has 2 rings (SSSR count). The third kappa shape index (κ3) is 7.06. The van der Waals surface area contributed by atoms with Gasteiger partial charge in [0.05, 0.1) is 0 Å². The maximum Gasteiger partial charge on any atom is 0.303 e. The molecule has 0 saturated heterocycles. The summed E-state index contributed by atoms with van der Waals surface area (Å²) in [4.78, 5) is 35.8. The molecule has 1 aromatic carbocycles. The summed E-state index contributed by atoms with van der Waals surface area (Å²) < 4.78 is 0. The second-order valence-electron chi connectivity index (χ2n) is 5.82. The van der Waals surface area contributed by atoms with Crippen LogP contribution in [0.5, 0.6) is 0 Å². The van der Waals surface area contributed by atoms with Gasteiger partial charge in [0.25, 0.3) is 5.91 Å². The van der Waals surface area contributed by atoms with E-state index in [2.05, 4.69) is 16.7 Å². The van der Waals surface area contributed by atoms with E-state index in [1.54, 1.807) is 35.6 Å². The Labute approximate surface area is 156 Å². The third-order valence-corrected chi connectivity index (χ3v) is 4.60. The number of nitrogens with one attached hydrogen (secondary N) is 2. The molecule has 0 saturated carbocycles. The lowest BCUT2D eigenvalue weighted by Gasteiger charge is -2.08. The molecule has 2 amide bonds. The Morgan fingerprint density at radius 2 is 1.88 bits per heavy atom. The van der Waals surface area contributed by atoms with E-state index in [0.717, 1.165) is 12.8 Å². The van der Waals surface area contributed by atoms with Gasteiger partial charge in [-0.05, 0) is 48.9 Å². The summed E-state index contributed by atoms with van der Waals surface area (Å²) in [7, 11) is 0. The number of aliphatic carboxylic acids is 1. The maximum absolute atomic E-state index is 12.1. The van der Waals surface area contributed by atoms with Crippen molar-refractivity contribution in [1.82, 2.24) is 5.32 Å². The number of carbonyl (C=O) groups is 3. The molecular weight excluding hydrogens is 352 g/mol. The van der Waals surface area contributed by atoms with E-state index in [4.69, 9.17) is 5.11 Å². The lowest BCUT2D eigenvalue weighted by atomic mass is 10.1. The van der Waals surface area contributed by atoms with Crippen molar-refractivity contribution in [1.29, 1.82) is 0 Å². The van der Waals surface area contributed by atoms with Gasteiger partial charge in [-0.1, -0.05) is 12.1 Å². The fraction of sp³-hybridized carbons (Fsp3) is 0.316. The van der Waals surface area contributed by atoms with Gasteiger partial charge in [-0.2, -0.15) is 0 Å². The van der Waals surface area contributed by atoms with Gasteiger partial charge in [0, 0.05) is 35.5 Å². The number of hydrogen-bond donors (Lipinski definition) is 3. The van der Waals surface area contributed by atoms with Crippen LogP contribution in [0.1, 0.15) is 40.9 Å². The second kappa shape index (κ2) is 10.4. The van der Waals surface area contributed by atoms with Crippen molar-refractivity contribution >= 4 is 34.8 Å². The molecule has 0 aliphatic heterocycles. The molecule has 2 aromatic rings. The first-order valence-electron chi connectivity index (χ1n) is 8.47. The first kappa shape index (κ1) is 19.7. The highest BCUT2D eigenvalue weighted by atomic mass is 32.1. The van der Waals surface area contributed by atoms with E-state index < -0.39 is 5.97 Å². The third-order valence-electron chi connectivity index (χ3n) is 3.67. The van der Waals surface area contributed by atoms with Gasteiger partial charge in [-0.15, -0.1) is 11.3 Å². The summed E-state index contributed by atoms with van der Waals surface area (Å²) >= 11 is 1.68. The first-order valence-corrected chi connectivity index (χ1v) is 9.35. The number of carbonyl (C=O) groups excluding carboxylic acids is 2. The Morgan fingerprint density at radius 3 is 2.62 bits per heavy atom. The molecule has 1 heterocycles. The van der Waals surface area contributed by atoms with Crippen LogP contribution in [0, 0.1) is 0 Å². The number of benzene rings is 1. The van der Waals surface area contributed by atoms with Gasteiger partial charge in [0.15, 0.2) is 0 Å². The summed E-state index contributed by atoms with van der Waals surface area (Å²) in [6, 6.07) is 10.8. The Morgan fingerprint density at radius 1 is 1.04 bits per heavy atom. The van der Waals surface area contributed by atoms with Gasteiger partial charge in [0.2, 0.25) is 5.91 Å². The molecule has 6 nitrogen and oxygen atoms in total. The average molecular weight is 374 g/mol. The molecular formula is C19H22N2O4S. The molecule has 7 heteroatoms. The fourth-order valence-electron chi connectivity index (χ4n) is 2.38. The highest BCUT2D eigenvalue weighted by Gasteiger charge is 2.08. The Bertz CT molecular complexity index is 744. The maximum atomic E-state index is 12.1. The van der Waals surface area contributed by atoms with Crippen molar-refractivity contribution in [3.63, 3.8) is 0 Å². The normalized spacial score (nSPS) is 10.3. The lowest BCUT2D eigenvalue weighted by molar-refractivity contribution is -0.137. The van der Waals surface area contributed by atoms with Gasteiger partial charge >= 0.3 is 5.97 Å². The largest absolute Gasteiger partial charge is 0.481 e. The topological polar surface area (TPSA) is 95.5 Å². The van der Waals surface area contributed by atoms with Gasteiger partial charge in [-0.3, -0.25) is 14.4 Å². The molecule has 0 aliphatic rings. The van der Waals surface area contributed by atoms with Crippen LogP contribution in [0.4, 0.5) is 5.69 Å². The Hall–Kier alpha value is -2.67. The van der Waals surface area contributed by atoms with Gasteiger partial charge < -0.3 is 15.7 Å². The highest BCUT2D eigenvalue weighted by Crippen LogP contribution is 2.14. The summed E-state index contributed by atoms with van der Waals surface area (Å²) in [5.74, 6) is -1.26. The SMILES string of the molecule is O=C(O)CCCNC(=O)c1cccc(NC(=O)CCCc2cccs2)c1. The summed E-state index contributed by atoms with van der Waals surface area (Å²) in [5.41, 5.74) is 1.00. The number of thiophene rings is 1. The van der Waals surface area contributed by atoms with E-state index in [-0.39, 0.29) is 18.2 Å². The standard InChI is InChI=1S/C19H22N2O4S/c22-17(9-2-7-16-8-4-12-26-16)21-15-6-1-5-14(13-15)19(25)20-11-3-10-18(23)24/h1,4-6,8,12-13H,2-3,7,9-11H2,(H,20,25)(H,21,22)(H,23,24). The average Bonchev–Trinajstić information content (AvgIpc) is 3.12. The molecule has 26 heavy (non-hydrogen) atoms. The van der Waals surface area contributed by atoms with Crippen LogP contribution in [0.15, 0.2) is 41.8 Å². The number of rotatable bonds is 10. The minimum Gasteiger partial charge on any atom is -0.481 e. The Kier molecular flexibility index (Phi) is 7.82. The van der Waals surface area contributed by atoms with Gasteiger partial charge in [0.1, 0.15) is 0 Å². The predicted molar refractivity (Wildman–Crippen MR) is 102 cm³/mol. The second-order valence-corrected chi connectivity index (χ2v) is 6.85. The molecule has 138 valence electrons. The minimum absolute atomic E-state index is 0.0157. The van der Waals surface area contributed by atoms with Crippen LogP contribution in [0.2, 0.25) is 0 Å². The van der Waals surface area contributed by atoms with Crippen LogP contribution in [-0.4, -0.2) is 29.4 Å². The van der Waals surface area contributed by atoms with Crippen molar-refractivity contribution < 1.29 is 19.5 Å². The molecule has 0 atom stereocenters. The van der Waals surface area contributed by atoms with Crippen molar-refractivity contribution in [2.24, 2.45) is 0 Å². The number of aryl methyl sites for hydroxylation is 1. The number of amides is 2. The van der Waals surface area contributed by atoms with Crippen molar-refractivity contribution in [2.75, 3.05) is 11.9 Å². The number of anilines is 1. The van der Waals surface area contributed by atoms with Crippen LogP contribution >= 0.6 is 11.3 Å².